The fourth-order valence-electron chi connectivity index (χ4n) is 2.54. The maximum atomic E-state index is 5.86. The lowest BCUT2D eigenvalue weighted by atomic mass is 9.84. The minimum atomic E-state index is 0.547. The Labute approximate surface area is 101 Å². The van der Waals surface area contributed by atoms with Crippen molar-refractivity contribution in [2.75, 3.05) is 18.5 Å². The monoisotopic (exact) mass is 240 g/mol. The minimum absolute atomic E-state index is 0.547. The lowest BCUT2D eigenvalue weighted by Crippen LogP contribution is -2.43. The summed E-state index contributed by atoms with van der Waals surface area (Å²) in [7, 11) is 2.12. The van der Waals surface area contributed by atoms with Gasteiger partial charge in [-0.15, -0.1) is 10.2 Å². The maximum Gasteiger partial charge on any atom is 0.208 e. The summed E-state index contributed by atoms with van der Waals surface area (Å²) in [5.74, 6) is 0.614. The van der Waals surface area contributed by atoms with Crippen LogP contribution in [0.2, 0.25) is 0 Å². The molecule has 1 fully saturated rings. The van der Waals surface area contributed by atoms with Crippen molar-refractivity contribution in [3.05, 3.63) is 5.01 Å². The van der Waals surface area contributed by atoms with Crippen LogP contribution in [0.1, 0.15) is 30.7 Å². The molecule has 0 aromatic carbocycles. The molecule has 2 N–H and O–H groups in total. The van der Waals surface area contributed by atoms with E-state index in [0.29, 0.717) is 12.0 Å². The van der Waals surface area contributed by atoms with Crippen molar-refractivity contribution in [3.63, 3.8) is 0 Å². The highest BCUT2D eigenvalue weighted by atomic mass is 32.1. The van der Waals surface area contributed by atoms with Crippen molar-refractivity contribution < 1.29 is 0 Å². The Kier molecular flexibility index (Phi) is 3.76. The number of hydrogen-bond acceptors (Lipinski definition) is 5. The molecule has 0 amide bonds. The van der Waals surface area contributed by atoms with Crippen LogP contribution < -0.4 is 10.6 Å². The van der Waals surface area contributed by atoms with E-state index in [1.54, 1.807) is 11.3 Å². The number of nitrogens with two attached hydrogens (primary N) is 1. The molecule has 0 bridgehead atoms. The second-order valence-corrected chi connectivity index (χ2v) is 5.72. The second kappa shape index (κ2) is 5.10. The number of aromatic nitrogens is 2. The molecule has 1 aliphatic carbocycles. The van der Waals surface area contributed by atoms with E-state index >= 15 is 0 Å². The van der Waals surface area contributed by atoms with Gasteiger partial charge in [0.15, 0.2) is 0 Å². The highest BCUT2D eigenvalue weighted by Crippen LogP contribution is 2.31. The van der Waals surface area contributed by atoms with Gasteiger partial charge in [-0.05, 0) is 32.2 Å². The number of hydrogen-bond donors (Lipinski definition) is 1. The van der Waals surface area contributed by atoms with E-state index in [1.807, 2.05) is 6.92 Å². The number of anilines is 1. The summed E-state index contributed by atoms with van der Waals surface area (Å²) in [5.41, 5.74) is 5.86. The number of aryl methyl sites for hydroxylation is 1. The van der Waals surface area contributed by atoms with Crippen molar-refractivity contribution in [2.24, 2.45) is 11.7 Å². The molecule has 90 valence electrons. The SMILES string of the molecule is Cc1nnc(N(C)C2CCCCC2CN)s1. The molecule has 1 aliphatic rings. The van der Waals surface area contributed by atoms with Crippen molar-refractivity contribution in [1.29, 1.82) is 0 Å². The normalized spacial score (nSPS) is 25.7. The Morgan fingerprint density at radius 3 is 2.75 bits per heavy atom. The lowest BCUT2D eigenvalue weighted by Gasteiger charge is -2.37. The molecule has 4 nitrogen and oxygen atoms in total. The molecule has 5 heteroatoms. The summed E-state index contributed by atoms with van der Waals surface area (Å²) in [6.07, 6.45) is 5.12. The molecule has 1 aromatic heterocycles. The fourth-order valence-corrected chi connectivity index (χ4v) is 3.25. The molecule has 2 rings (SSSR count). The third-order valence-corrected chi connectivity index (χ3v) is 4.42. The highest BCUT2D eigenvalue weighted by molar-refractivity contribution is 7.15. The van der Waals surface area contributed by atoms with Crippen LogP contribution in [0.3, 0.4) is 0 Å². The first-order chi connectivity index (χ1) is 7.72. The van der Waals surface area contributed by atoms with Crippen LogP contribution in [0.5, 0.6) is 0 Å². The summed E-state index contributed by atoms with van der Waals surface area (Å²) in [4.78, 5) is 2.28. The molecular formula is C11H20N4S. The van der Waals surface area contributed by atoms with Gasteiger partial charge in [-0.2, -0.15) is 0 Å². The zero-order valence-corrected chi connectivity index (χ0v) is 10.8. The summed E-state index contributed by atoms with van der Waals surface area (Å²) in [5, 5.41) is 10.4. The Bertz CT molecular complexity index is 338. The minimum Gasteiger partial charge on any atom is -0.346 e. The highest BCUT2D eigenvalue weighted by Gasteiger charge is 2.28. The Balaban J connectivity index is 2.10. The van der Waals surface area contributed by atoms with E-state index in [0.717, 1.165) is 16.7 Å². The molecule has 16 heavy (non-hydrogen) atoms. The van der Waals surface area contributed by atoms with Gasteiger partial charge in [0.25, 0.3) is 0 Å². The maximum absolute atomic E-state index is 5.86. The topological polar surface area (TPSA) is 55.0 Å². The fraction of sp³-hybridized carbons (Fsp3) is 0.818. The van der Waals surface area contributed by atoms with Gasteiger partial charge < -0.3 is 10.6 Å². The van der Waals surface area contributed by atoms with Crippen LogP contribution in [-0.2, 0) is 0 Å². The first kappa shape index (κ1) is 11.8. The van der Waals surface area contributed by atoms with Gasteiger partial charge in [0.1, 0.15) is 5.01 Å². The van der Waals surface area contributed by atoms with Crippen molar-refractivity contribution in [1.82, 2.24) is 10.2 Å². The first-order valence-corrected chi connectivity index (χ1v) is 6.77. The number of nitrogens with zero attached hydrogens (tertiary/aromatic N) is 3. The number of rotatable bonds is 3. The van der Waals surface area contributed by atoms with Gasteiger partial charge in [0.2, 0.25) is 5.13 Å². The molecule has 2 atom stereocenters. The summed E-state index contributed by atoms with van der Waals surface area (Å²) in [6, 6.07) is 0.547. The van der Waals surface area contributed by atoms with Crippen LogP contribution >= 0.6 is 11.3 Å². The van der Waals surface area contributed by atoms with Gasteiger partial charge in [-0.3, -0.25) is 0 Å². The van der Waals surface area contributed by atoms with Crippen LogP contribution in [0.4, 0.5) is 5.13 Å². The zero-order valence-electron chi connectivity index (χ0n) is 10.0. The smallest absolute Gasteiger partial charge is 0.208 e. The van der Waals surface area contributed by atoms with Gasteiger partial charge in [-0.25, -0.2) is 0 Å². The summed E-state index contributed by atoms with van der Waals surface area (Å²) >= 11 is 1.66. The Morgan fingerprint density at radius 2 is 2.12 bits per heavy atom. The van der Waals surface area contributed by atoms with E-state index in [9.17, 15) is 0 Å². The van der Waals surface area contributed by atoms with E-state index < -0.39 is 0 Å². The van der Waals surface area contributed by atoms with Crippen LogP contribution in [0.25, 0.3) is 0 Å². The van der Waals surface area contributed by atoms with Crippen LogP contribution in [-0.4, -0.2) is 29.8 Å². The predicted octanol–water partition coefficient (Wildman–Crippen LogP) is 1.80. The zero-order chi connectivity index (χ0) is 11.5. The van der Waals surface area contributed by atoms with E-state index in [-0.39, 0.29) is 0 Å². The van der Waals surface area contributed by atoms with E-state index in [4.69, 9.17) is 5.73 Å². The summed E-state index contributed by atoms with van der Waals surface area (Å²) in [6.45, 7) is 2.78. The van der Waals surface area contributed by atoms with Crippen LogP contribution in [0, 0.1) is 12.8 Å². The predicted molar refractivity (Wildman–Crippen MR) is 67.8 cm³/mol. The van der Waals surface area contributed by atoms with Crippen molar-refractivity contribution in [3.8, 4) is 0 Å². The van der Waals surface area contributed by atoms with Crippen molar-refractivity contribution in [2.45, 2.75) is 38.6 Å². The molecule has 1 saturated carbocycles. The standard InChI is InChI=1S/C11H20N4S/c1-8-13-14-11(16-8)15(2)10-6-4-3-5-9(10)7-12/h9-10H,3-7,12H2,1-2H3. The lowest BCUT2D eigenvalue weighted by molar-refractivity contribution is 0.306. The van der Waals surface area contributed by atoms with Gasteiger partial charge in [0.05, 0.1) is 0 Å². The largest absolute Gasteiger partial charge is 0.346 e. The quantitative estimate of drug-likeness (QED) is 0.875. The molecule has 0 aliphatic heterocycles. The average molecular weight is 240 g/mol. The third-order valence-electron chi connectivity index (χ3n) is 3.49. The molecule has 1 aromatic rings. The average Bonchev–Trinajstić information content (AvgIpc) is 2.75. The van der Waals surface area contributed by atoms with E-state index in [1.165, 1.54) is 25.7 Å². The second-order valence-electron chi connectivity index (χ2n) is 4.56. The molecule has 0 radical (unpaired) electrons. The Morgan fingerprint density at radius 1 is 1.38 bits per heavy atom. The van der Waals surface area contributed by atoms with Gasteiger partial charge >= 0.3 is 0 Å². The summed E-state index contributed by atoms with van der Waals surface area (Å²) < 4.78 is 0. The molecular weight excluding hydrogens is 220 g/mol. The van der Waals surface area contributed by atoms with Gasteiger partial charge in [0, 0.05) is 13.1 Å². The third kappa shape index (κ3) is 2.35. The van der Waals surface area contributed by atoms with E-state index in [2.05, 4.69) is 22.1 Å². The molecule has 0 saturated heterocycles. The molecule has 0 spiro atoms. The van der Waals surface area contributed by atoms with Crippen LogP contribution in [0.15, 0.2) is 0 Å². The molecule has 2 unspecified atom stereocenters. The Hall–Kier alpha value is -0.680. The van der Waals surface area contributed by atoms with Crippen molar-refractivity contribution >= 4 is 16.5 Å². The molecule has 1 heterocycles. The first-order valence-electron chi connectivity index (χ1n) is 5.95. The van der Waals surface area contributed by atoms with Gasteiger partial charge in [-0.1, -0.05) is 24.2 Å².